The maximum atomic E-state index is 5.37. The van der Waals surface area contributed by atoms with E-state index in [0.717, 1.165) is 25.0 Å². The standard InChI is InChI=1S/C12H24N4/c1-2-9-3-5-11(6-4-9)16-7-10(8-16)15-12(13)14/h9-11H,2-8H2,1H3,(H4,13,14,15). The Kier molecular flexibility index (Phi) is 3.69. The first-order chi connectivity index (χ1) is 7.69. The molecule has 4 nitrogen and oxygen atoms in total. The van der Waals surface area contributed by atoms with Crippen LogP contribution in [0.3, 0.4) is 0 Å². The van der Waals surface area contributed by atoms with Crippen molar-refractivity contribution in [2.75, 3.05) is 13.1 Å². The quantitative estimate of drug-likeness (QED) is 0.553. The maximum Gasteiger partial charge on any atom is 0.186 e. The lowest BCUT2D eigenvalue weighted by Gasteiger charge is -2.45. The minimum Gasteiger partial charge on any atom is -0.370 e. The van der Waals surface area contributed by atoms with E-state index in [-0.39, 0.29) is 5.96 Å². The fourth-order valence-electron chi connectivity index (χ4n) is 3.00. The van der Waals surface area contributed by atoms with Gasteiger partial charge in [-0.15, -0.1) is 0 Å². The van der Waals surface area contributed by atoms with Gasteiger partial charge in [0, 0.05) is 19.1 Å². The second-order valence-corrected chi connectivity index (χ2v) is 5.24. The van der Waals surface area contributed by atoms with Crippen LogP contribution in [0.25, 0.3) is 0 Å². The summed E-state index contributed by atoms with van der Waals surface area (Å²) in [5.41, 5.74) is 10.7. The Morgan fingerprint density at radius 3 is 2.31 bits per heavy atom. The molecule has 0 amide bonds. The highest BCUT2D eigenvalue weighted by Crippen LogP contribution is 2.31. The second kappa shape index (κ2) is 5.04. The van der Waals surface area contributed by atoms with Gasteiger partial charge in [0.05, 0.1) is 6.04 Å². The monoisotopic (exact) mass is 224 g/mol. The number of likely N-dealkylation sites (tertiary alicyclic amines) is 1. The lowest BCUT2D eigenvalue weighted by molar-refractivity contribution is 0.0616. The van der Waals surface area contributed by atoms with Gasteiger partial charge in [-0.3, -0.25) is 4.90 Å². The molecule has 4 heteroatoms. The van der Waals surface area contributed by atoms with Gasteiger partial charge in [0.25, 0.3) is 0 Å². The number of nitrogens with zero attached hydrogens (tertiary/aromatic N) is 2. The van der Waals surface area contributed by atoms with Crippen molar-refractivity contribution in [2.45, 2.75) is 51.1 Å². The molecule has 0 aromatic heterocycles. The predicted molar refractivity (Wildman–Crippen MR) is 67.2 cm³/mol. The molecule has 1 saturated heterocycles. The van der Waals surface area contributed by atoms with E-state index in [1.807, 2.05) is 0 Å². The van der Waals surface area contributed by atoms with Crippen molar-refractivity contribution in [1.29, 1.82) is 0 Å². The molecule has 0 aromatic rings. The third-order valence-corrected chi connectivity index (χ3v) is 4.13. The number of aliphatic imine (C=N–C) groups is 1. The molecule has 1 aliphatic carbocycles. The fraction of sp³-hybridized carbons (Fsp3) is 0.917. The SMILES string of the molecule is CCC1CCC(N2CC(N=C(N)N)C2)CC1. The molecule has 1 saturated carbocycles. The highest BCUT2D eigenvalue weighted by Gasteiger charge is 2.33. The van der Waals surface area contributed by atoms with E-state index in [9.17, 15) is 0 Å². The molecule has 2 fully saturated rings. The Morgan fingerprint density at radius 2 is 1.81 bits per heavy atom. The Bertz CT molecular complexity index is 246. The highest BCUT2D eigenvalue weighted by atomic mass is 15.3. The van der Waals surface area contributed by atoms with E-state index in [2.05, 4.69) is 16.8 Å². The summed E-state index contributed by atoms with van der Waals surface area (Å²) in [6.45, 7) is 4.42. The average molecular weight is 224 g/mol. The third-order valence-electron chi connectivity index (χ3n) is 4.13. The van der Waals surface area contributed by atoms with Gasteiger partial charge in [-0.05, 0) is 31.6 Å². The minimum atomic E-state index is 0.236. The molecule has 4 N–H and O–H groups in total. The Balaban J connectivity index is 1.71. The molecule has 0 aromatic carbocycles. The van der Waals surface area contributed by atoms with E-state index in [4.69, 9.17) is 11.5 Å². The van der Waals surface area contributed by atoms with E-state index >= 15 is 0 Å². The topological polar surface area (TPSA) is 67.6 Å². The van der Waals surface area contributed by atoms with Gasteiger partial charge in [0.15, 0.2) is 5.96 Å². The summed E-state index contributed by atoms with van der Waals surface area (Å²) < 4.78 is 0. The summed E-state index contributed by atoms with van der Waals surface area (Å²) >= 11 is 0. The predicted octanol–water partition coefficient (Wildman–Crippen LogP) is 0.913. The van der Waals surface area contributed by atoms with E-state index in [1.54, 1.807) is 0 Å². The zero-order chi connectivity index (χ0) is 11.5. The molecular formula is C12H24N4. The van der Waals surface area contributed by atoms with Crippen LogP contribution in [-0.2, 0) is 0 Å². The summed E-state index contributed by atoms with van der Waals surface area (Å²) in [5, 5.41) is 0. The number of rotatable bonds is 3. The van der Waals surface area contributed by atoms with E-state index in [0.29, 0.717) is 6.04 Å². The minimum absolute atomic E-state index is 0.236. The molecule has 0 bridgehead atoms. The Morgan fingerprint density at radius 1 is 1.19 bits per heavy atom. The van der Waals surface area contributed by atoms with Crippen molar-refractivity contribution in [3.05, 3.63) is 0 Å². The van der Waals surface area contributed by atoms with Crippen LogP contribution < -0.4 is 11.5 Å². The Hall–Kier alpha value is -0.770. The third kappa shape index (κ3) is 2.67. The largest absolute Gasteiger partial charge is 0.370 e. The van der Waals surface area contributed by atoms with Crippen molar-refractivity contribution in [3.8, 4) is 0 Å². The van der Waals surface area contributed by atoms with Crippen molar-refractivity contribution >= 4 is 5.96 Å². The number of hydrogen-bond donors (Lipinski definition) is 2. The summed E-state index contributed by atoms with van der Waals surface area (Å²) in [6, 6.07) is 1.15. The smallest absolute Gasteiger partial charge is 0.186 e. The normalized spacial score (nSPS) is 32.1. The van der Waals surface area contributed by atoms with Crippen LogP contribution in [-0.4, -0.2) is 36.0 Å². The van der Waals surface area contributed by atoms with Crippen LogP contribution in [0.4, 0.5) is 0 Å². The van der Waals surface area contributed by atoms with Crippen LogP contribution >= 0.6 is 0 Å². The lowest BCUT2D eigenvalue weighted by Crippen LogP contribution is -2.56. The molecule has 1 aliphatic heterocycles. The van der Waals surface area contributed by atoms with Gasteiger partial charge in [0.2, 0.25) is 0 Å². The van der Waals surface area contributed by atoms with Crippen LogP contribution in [0.2, 0.25) is 0 Å². The summed E-state index contributed by atoms with van der Waals surface area (Å²) in [4.78, 5) is 6.73. The molecule has 1 heterocycles. The molecule has 2 aliphatic rings. The highest BCUT2D eigenvalue weighted by molar-refractivity contribution is 5.76. The van der Waals surface area contributed by atoms with E-state index in [1.165, 1.54) is 32.1 Å². The zero-order valence-corrected chi connectivity index (χ0v) is 10.2. The first-order valence-corrected chi connectivity index (χ1v) is 6.51. The molecule has 0 spiro atoms. The molecule has 0 unspecified atom stereocenters. The Labute approximate surface area is 98.1 Å². The van der Waals surface area contributed by atoms with Gasteiger partial charge in [-0.1, -0.05) is 13.3 Å². The molecule has 2 rings (SSSR count). The van der Waals surface area contributed by atoms with Crippen LogP contribution in [0.15, 0.2) is 4.99 Å². The maximum absolute atomic E-state index is 5.37. The lowest BCUT2D eigenvalue weighted by atomic mass is 9.83. The van der Waals surface area contributed by atoms with Crippen molar-refractivity contribution in [3.63, 3.8) is 0 Å². The molecule has 0 atom stereocenters. The zero-order valence-electron chi connectivity index (χ0n) is 10.2. The molecular weight excluding hydrogens is 200 g/mol. The van der Waals surface area contributed by atoms with Crippen LogP contribution in [0.5, 0.6) is 0 Å². The van der Waals surface area contributed by atoms with Crippen molar-refractivity contribution in [2.24, 2.45) is 22.4 Å². The van der Waals surface area contributed by atoms with Crippen molar-refractivity contribution in [1.82, 2.24) is 4.90 Å². The van der Waals surface area contributed by atoms with Gasteiger partial charge >= 0.3 is 0 Å². The fourth-order valence-corrected chi connectivity index (χ4v) is 3.00. The first-order valence-electron chi connectivity index (χ1n) is 6.51. The van der Waals surface area contributed by atoms with E-state index < -0.39 is 0 Å². The molecule has 16 heavy (non-hydrogen) atoms. The number of guanidine groups is 1. The van der Waals surface area contributed by atoms with Crippen molar-refractivity contribution < 1.29 is 0 Å². The van der Waals surface area contributed by atoms with Gasteiger partial charge < -0.3 is 11.5 Å². The van der Waals surface area contributed by atoms with Crippen LogP contribution in [0.1, 0.15) is 39.0 Å². The number of nitrogens with two attached hydrogens (primary N) is 2. The first kappa shape index (κ1) is 11.7. The summed E-state index contributed by atoms with van der Waals surface area (Å²) in [6.07, 6.45) is 6.90. The second-order valence-electron chi connectivity index (χ2n) is 5.24. The van der Waals surface area contributed by atoms with Gasteiger partial charge in [-0.2, -0.15) is 0 Å². The van der Waals surface area contributed by atoms with Gasteiger partial charge in [-0.25, -0.2) is 4.99 Å². The van der Waals surface area contributed by atoms with Gasteiger partial charge in [0.1, 0.15) is 0 Å². The summed E-state index contributed by atoms with van der Waals surface area (Å²) in [7, 11) is 0. The summed E-state index contributed by atoms with van der Waals surface area (Å²) in [5.74, 6) is 1.21. The van der Waals surface area contributed by atoms with Crippen LogP contribution in [0, 0.1) is 5.92 Å². The number of hydrogen-bond acceptors (Lipinski definition) is 2. The average Bonchev–Trinajstić information content (AvgIpc) is 2.23. The molecule has 0 radical (unpaired) electrons. The molecule has 92 valence electrons.